The zero-order valence-corrected chi connectivity index (χ0v) is 42.9. The zero-order valence-electron chi connectivity index (χ0n) is 42.0. The lowest BCUT2D eigenvalue weighted by Crippen LogP contribution is -2.40. The Bertz CT molecular complexity index is 3040. The fraction of sp³-hybridized carbons (Fsp3) is 0.469. The second-order valence-electron chi connectivity index (χ2n) is 20.1. The maximum atomic E-state index is 15.0. The largest absolute Gasteiger partial charge is 0.427 e. The summed E-state index contributed by atoms with van der Waals surface area (Å²) in [4.78, 5) is 92.4. The number of anilines is 6. The summed E-state index contributed by atoms with van der Waals surface area (Å²) in [5.74, 6) is -2.16. The number of aryl methyl sites for hydroxylation is 4. The highest BCUT2D eigenvalue weighted by molar-refractivity contribution is 7.53. The van der Waals surface area contributed by atoms with Crippen molar-refractivity contribution in [2.45, 2.75) is 91.1 Å². The van der Waals surface area contributed by atoms with E-state index in [1.165, 1.54) is 62.5 Å². The number of nitrogens with one attached hydrogen (secondary N) is 4. The Morgan fingerprint density at radius 2 is 0.972 bits per heavy atom. The van der Waals surface area contributed by atoms with E-state index in [-0.39, 0.29) is 56.3 Å². The predicted octanol–water partition coefficient (Wildman–Crippen LogP) is 6.39. The van der Waals surface area contributed by atoms with Crippen LogP contribution in [0.1, 0.15) is 121 Å². The molecule has 4 N–H and O–H groups in total. The van der Waals surface area contributed by atoms with Crippen LogP contribution in [-0.4, -0.2) is 86.0 Å². The minimum atomic E-state index is -4.61. The summed E-state index contributed by atoms with van der Waals surface area (Å²) in [6.07, 6.45) is 13.7. The van der Waals surface area contributed by atoms with E-state index >= 15 is 0 Å². The fourth-order valence-corrected chi connectivity index (χ4v) is 11.2. The summed E-state index contributed by atoms with van der Waals surface area (Å²) in [7, 11) is 4.93. The summed E-state index contributed by atoms with van der Waals surface area (Å²) >= 11 is 0. The summed E-state index contributed by atoms with van der Waals surface area (Å²) in [6, 6.07) is 1.87. The quantitative estimate of drug-likeness (QED) is 0.0537. The molecule has 0 unspecified atom stereocenters. The molecule has 376 valence electrons. The van der Waals surface area contributed by atoms with E-state index in [0.717, 1.165) is 80.5 Å². The predicted molar refractivity (Wildman–Crippen MR) is 270 cm³/mol. The molecule has 0 radical (unpaired) electrons. The van der Waals surface area contributed by atoms with Crippen LogP contribution in [-0.2, 0) is 18.7 Å². The number of aromatic nitrogens is 6. The maximum absolute atomic E-state index is 15.0. The molecule has 4 aromatic heterocycles. The van der Waals surface area contributed by atoms with Gasteiger partial charge in [-0.2, -0.15) is 10.2 Å². The Morgan fingerprint density at radius 1 is 0.634 bits per heavy atom. The van der Waals surface area contributed by atoms with E-state index in [1.54, 1.807) is 9.36 Å². The summed E-state index contributed by atoms with van der Waals surface area (Å²) < 4.78 is 30.7. The van der Waals surface area contributed by atoms with Crippen LogP contribution in [0.15, 0.2) is 56.1 Å². The summed E-state index contributed by atoms with van der Waals surface area (Å²) in [6.45, 7) is 9.23. The molecule has 2 aliphatic rings. The van der Waals surface area contributed by atoms with Crippen LogP contribution in [0.25, 0.3) is 0 Å². The molecule has 0 saturated heterocycles. The number of carbonyl (C=O) groups is 2. The van der Waals surface area contributed by atoms with Gasteiger partial charge in [-0.25, -0.2) is 14.5 Å². The molecule has 0 bridgehead atoms. The van der Waals surface area contributed by atoms with E-state index < -0.39 is 64.7 Å². The maximum Gasteiger partial charge on any atom is 0.427 e. The lowest BCUT2D eigenvalue weighted by Gasteiger charge is -2.35. The van der Waals surface area contributed by atoms with Crippen molar-refractivity contribution in [3.8, 4) is 11.5 Å². The van der Waals surface area contributed by atoms with Gasteiger partial charge in [-0.1, -0.05) is 39.5 Å². The highest BCUT2D eigenvalue weighted by Crippen LogP contribution is 2.53. The van der Waals surface area contributed by atoms with Crippen LogP contribution in [0.4, 0.5) is 34.1 Å². The van der Waals surface area contributed by atoms with Crippen molar-refractivity contribution in [2.24, 2.45) is 24.9 Å². The molecule has 2 amide bonds. The van der Waals surface area contributed by atoms with Gasteiger partial charge in [0.15, 0.2) is 22.9 Å². The van der Waals surface area contributed by atoms with Gasteiger partial charge in [-0.3, -0.25) is 38.1 Å². The Hall–Kier alpha value is -7.15. The topological polar surface area (TPSA) is 254 Å². The van der Waals surface area contributed by atoms with Crippen molar-refractivity contribution < 1.29 is 23.2 Å². The molecule has 4 heterocycles. The Balaban J connectivity index is 1.15. The number of carbonyl (C=O) groups excluding carboxylic acids is 2. The standard InChI is InChI=1S/C49H61N12O9P/c1-26-24-60(9)56-30(26)44(48(3)18-12-13-19-48)54-34-32(38(62)40(34)64)52-28-16-22-50-36(46(66)58(5)6)42(28)69-71(11,68)70-43-29(17-23-51-37(43)47(67)59(7)8)53-33-35(41(65)39(33)63)55-45(49(4)20-14-15-21-49)31-27(2)25-61(10)57-31/h16-17,22-25,44-45,54-55H,12-15,18-21H2,1-11H3,(H,50,52)(H,51,53)/t44-,45-/m0/s1. The van der Waals surface area contributed by atoms with Gasteiger partial charge in [0.2, 0.25) is 0 Å². The number of hydrogen-bond donors (Lipinski definition) is 4. The zero-order chi connectivity index (χ0) is 51.5. The Morgan fingerprint density at radius 3 is 1.28 bits per heavy atom. The first kappa shape index (κ1) is 50.2. The smallest absolute Gasteiger partial charge is 0.411 e. The molecule has 2 atom stereocenters. The average molecular weight is 993 g/mol. The van der Waals surface area contributed by atoms with Crippen LogP contribution >= 0.6 is 7.60 Å². The van der Waals surface area contributed by atoms with Crippen LogP contribution in [0.5, 0.6) is 11.5 Å². The molecule has 21 nitrogen and oxygen atoms in total. The van der Waals surface area contributed by atoms with Gasteiger partial charge in [0.05, 0.1) is 41.5 Å². The molecule has 6 aromatic rings. The molecule has 22 heteroatoms. The van der Waals surface area contributed by atoms with Gasteiger partial charge in [-0.05, 0) is 73.6 Å². The van der Waals surface area contributed by atoms with Gasteiger partial charge < -0.3 is 40.1 Å². The van der Waals surface area contributed by atoms with Gasteiger partial charge in [-0.15, -0.1) is 0 Å². The van der Waals surface area contributed by atoms with Crippen molar-refractivity contribution in [3.63, 3.8) is 0 Å². The van der Waals surface area contributed by atoms with Crippen molar-refractivity contribution in [1.82, 2.24) is 39.3 Å². The lowest BCUT2D eigenvalue weighted by molar-refractivity contribution is 0.0813. The monoisotopic (exact) mass is 992 g/mol. The third-order valence-corrected chi connectivity index (χ3v) is 15.0. The molecule has 71 heavy (non-hydrogen) atoms. The second kappa shape index (κ2) is 18.9. The SMILES string of the molecule is Cc1cn(C)nc1[C@H](Nc1c(Nc2ccnc(C(=O)N(C)C)c2OP(C)(=O)Oc2c(Nc3c(N[C@@H](c4nn(C)cc4C)C4(C)CCCC4)c(=O)c3=O)ccnc2C(=O)N(C)C)c(=O)c1=O)C1(C)CCCC1. The van der Waals surface area contributed by atoms with Gasteiger partial charge in [0, 0.05) is 67.1 Å². The molecule has 2 fully saturated rings. The third kappa shape index (κ3) is 9.46. The molecular weight excluding hydrogens is 932 g/mol. The van der Waals surface area contributed by atoms with Crippen molar-refractivity contribution >= 4 is 53.5 Å². The van der Waals surface area contributed by atoms with Gasteiger partial charge >= 0.3 is 7.60 Å². The van der Waals surface area contributed by atoms with E-state index in [9.17, 15) is 33.3 Å². The fourth-order valence-electron chi connectivity index (χ4n) is 10.1. The molecule has 2 aliphatic carbocycles. The van der Waals surface area contributed by atoms with E-state index in [0.29, 0.717) is 0 Å². The number of amides is 2. The molecule has 2 aromatic carbocycles. The normalized spacial score (nSPS) is 16.2. The van der Waals surface area contributed by atoms with Crippen molar-refractivity contribution in [2.75, 3.05) is 56.1 Å². The number of rotatable bonds is 18. The highest BCUT2D eigenvalue weighted by atomic mass is 31.2. The van der Waals surface area contributed by atoms with Gasteiger partial charge in [0.1, 0.15) is 22.7 Å². The third-order valence-electron chi connectivity index (χ3n) is 14.0. The van der Waals surface area contributed by atoms with E-state index in [1.807, 2.05) is 40.3 Å². The molecular formula is C49H61N12O9P. The molecule has 8 rings (SSSR count). The second-order valence-corrected chi connectivity index (χ2v) is 22.0. The average Bonchev–Trinajstić information content (AvgIpc) is 4.12. The first-order valence-corrected chi connectivity index (χ1v) is 25.5. The van der Waals surface area contributed by atoms with Crippen LogP contribution in [0.2, 0.25) is 0 Å². The minimum absolute atomic E-state index is 0.00120. The van der Waals surface area contributed by atoms with Crippen molar-refractivity contribution in [3.05, 3.63) is 112 Å². The first-order valence-electron chi connectivity index (χ1n) is 23.6. The van der Waals surface area contributed by atoms with Crippen LogP contribution < -0.4 is 52.0 Å². The highest BCUT2D eigenvalue weighted by Gasteiger charge is 2.44. The molecule has 2 saturated carbocycles. The van der Waals surface area contributed by atoms with Crippen molar-refractivity contribution in [1.29, 1.82) is 0 Å². The van der Waals surface area contributed by atoms with E-state index in [4.69, 9.17) is 19.2 Å². The molecule has 0 spiro atoms. The van der Waals surface area contributed by atoms with Gasteiger partial charge in [0.25, 0.3) is 33.5 Å². The minimum Gasteiger partial charge on any atom is -0.411 e. The number of hydrogen-bond acceptors (Lipinski definition) is 17. The number of pyridine rings is 2. The first-order chi connectivity index (χ1) is 33.4. The molecule has 0 aliphatic heterocycles. The Labute approximate surface area is 410 Å². The summed E-state index contributed by atoms with van der Waals surface area (Å²) in [5.41, 5.74) is -1.58. The van der Waals surface area contributed by atoms with Crippen LogP contribution in [0, 0.1) is 24.7 Å². The Kier molecular flexibility index (Phi) is 13.4. The summed E-state index contributed by atoms with van der Waals surface area (Å²) in [5, 5.41) is 22.2. The number of nitrogens with zero attached hydrogens (tertiary/aromatic N) is 8. The van der Waals surface area contributed by atoms with Crippen LogP contribution in [0.3, 0.4) is 0 Å². The van der Waals surface area contributed by atoms with E-state index in [2.05, 4.69) is 45.1 Å². The lowest BCUT2D eigenvalue weighted by atomic mass is 9.78.